The highest BCUT2D eigenvalue weighted by Crippen LogP contribution is 2.20. The zero-order valence-corrected chi connectivity index (χ0v) is 13.2. The maximum atomic E-state index is 5.95. The number of ether oxygens (including phenoxy) is 1. The molecule has 0 heterocycles. The van der Waals surface area contributed by atoms with Crippen molar-refractivity contribution in [2.75, 3.05) is 13.2 Å². The van der Waals surface area contributed by atoms with Crippen molar-refractivity contribution in [2.24, 2.45) is 0 Å². The predicted octanol–water partition coefficient (Wildman–Crippen LogP) is 4.30. The number of aryl methyl sites for hydroxylation is 2. The Balaban J connectivity index is 1.69. The van der Waals surface area contributed by atoms with Gasteiger partial charge in [0.15, 0.2) is 0 Å². The maximum absolute atomic E-state index is 5.95. The number of benzene rings is 1. The van der Waals surface area contributed by atoms with Gasteiger partial charge in [0.25, 0.3) is 0 Å². The van der Waals surface area contributed by atoms with Crippen LogP contribution >= 0.6 is 0 Å². The molecule has 1 saturated carbocycles. The summed E-state index contributed by atoms with van der Waals surface area (Å²) in [6, 6.07) is 7.11. The molecule has 0 amide bonds. The fourth-order valence-corrected chi connectivity index (χ4v) is 2.88. The molecule has 1 unspecified atom stereocenters. The molecule has 1 N–H and O–H groups in total. The van der Waals surface area contributed by atoms with E-state index < -0.39 is 0 Å². The molecule has 0 bridgehead atoms. The summed E-state index contributed by atoms with van der Waals surface area (Å²) in [5.74, 6) is 0. The molecule has 1 aromatic rings. The van der Waals surface area contributed by atoms with Gasteiger partial charge < -0.3 is 10.1 Å². The van der Waals surface area contributed by atoms with Crippen molar-refractivity contribution in [2.45, 2.75) is 65.0 Å². The van der Waals surface area contributed by atoms with Gasteiger partial charge in [-0.3, -0.25) is 0 Å². The summed E-state index contributed by atoms with van der Waals surface area (Å²) >= 11 is 0. The molecule has 2 heteroatoms. The van der Waals surface area contributed by atoms with Gasteiger partial charge in [-0.1, -0.05) is 37.5 Å². The Bertz CT molecular complexity index is 410. The number of hydrogen-bond donors (Lipinski definition) is 1. The molecule has 1 aliphatic rings. The lowest BCUT2D eigenvalue weighted by Gasteiger charge is -2.22. The molecular formula is C18H29NO. The Morgan fingerprint density at radius 2 is 1.90 bits per heavy atom. The van der Waals surface area contributed by atoms with Crippen LogP contribution in [0.2, 0.25) is 0 Å². The quantitative estimate of drug-likeness (QED) is 0.781. The first-order chi connectivity index (χ1) is 9.66. The van der Waals surface area contributed by atoms with Crippen molar-refractivity contribution in [1.29, 1.82) is 0 Å². The van der Waals surface area contributed by atoms with Crippen LogP contribution in [0.15, 0.2) is 18.2 Å². The van der Waals surface area contributed by atoms with Gasteiger partial charge in [-0.15, -0.1) is 0 Å². The summed E-state index contributed by atoms with van der Waals surface area (Å²) in [6.07, 6.45) is 7.11. The Morgan fingerprint density at radius 1 is 1.15 bits per heavy atom. The molecule has 20 heavy (non-hydrogen) atoms. The standard InChI is InChI=1S/C18H29NO/c1-14-9-10-17(13-15(14)2)16(3)19-11-12-20-18-7-5-4-6-8-18/h9-10,13,16,18-19H,4-8,11-12H2,1-3H3. The summed E-state index contributed by atoms with van der Waals surface area (Å²) in [5.41, 5.74) is 4.10. The predicted molar refractivity (Wildman–Crippen MR) is 85.2 cm³/mol. The maximum Gasteiger partial charge on any atom is 0.0594 e. The third kappa shape index (κ3) is 4.60. The summed E-state index contributed by atoms with van der Waals surface area (Å²) in [6.45, 7) is 8.34. The van der Waals surface area contributed by atoms with Gasteiger partial charge in [-0.05, 0) is 50.3 Å². The fourth-order valence-electron chi connectivity index (χ4n) is 2.88. The van der Waals surface area contributed by atoms with Crippen LogP contribution in [-0.4, -0.2) is 19.3 Å². The van der Waals surface area contributed by atoms with E-state index in [1.54, 1.807) is 0 Å². The van der Waals surface area contributed by atoms with Crippen molar-refractivity contribution in [1.82, 2.24) is 5.32 Å². The highest BCUT2D eigenvalue weighted by atomic mass is 16.5. The smallest absolute Gasteiger partial charge is 0.0594 e. The van der Waals surface area contributed by atoms with E-state index in [2.05, 4.69) is 44.3 Å². The van der Waals surface area contributed by atoms with Crippen molar-refractivity contribution in [3.8, 4) is 0 Å². The van der Waals surface area contributed by atoms with E-state index in [9.17, 15) is 0 Å². The van der Waals surface area contributed by atoms with E-state index >= 15 is 0 Å². The summed E-state index contributed by atoms with van der Waals surface area (Å²) < 4.78 is 5.95. The van der Waals surface area contributed by atoms with E-state index in [1.807, 2.05) is 0 Å². The highest BCUT2D eigenvalue weighted by Gasteiger charge is 2.13. The zero-order chi connectivity index (χ0) is 14.4. The van der Waals surface area contributed by atoms with Crippen LogP contribution in [0, 0.1) is 13.8 Å². The molecule has 0 saturated heterocycles. The number of nitrogens with one attached hydrogen (secondary N) is 1. The zero-order valence-electron chi connectivity index (χ0n) is 13.2. The molecule has 0 aliphatic heterocycles. The van der Waals surface area contributed by atoms with Crippen LogP contribution in [-0.2, 0) is 4.74 Å². The molecule has 112 valence electrons. The minimum absolute atomic E-state index is 0.393. The third-order valence-corrected chi connectivity index (χ3v) is 4.49. The number of hydrogen-bond acceptors (Lipinski definition) is 2. The highest BCUT2D eigenvalue weighted by molar-refractivity contribution is 5.31. The van der Waals surface area contributed by atoms with Crippen molar-refractivity contribution < 1.29 is 4.74 Å². The van der Waals surface area contributed by atoms with Crippen molar-refractivity contribution in [3.63, 3.8) is 0 Å². The molecule has 1 aliphatic carbocycles. The van der Waals surface area contributed by atoms with Gasteiger partial charge >= 0.3 is 0 Å². The Labute approximate surface area is 123 Å². The average Bonchev–Trinajstić information content (AvgIpc) is 2.47. The molecule has 1 fully saturated rings. The molecule has 2 nitrogen and oxygen atoms in total. The van der Waals surface area contributed by atoms with Gasteiger partial charge in [0, 0.05) is 12.6 Å². The lowest BCUT2D eigenvalue weighted by molar-refractivity contribution is 0.0295. The summed E-state index contributed by atoms with van der Waals surface area (Å²) in [4.78, 5) is 0. The largest absolute Gasteiger partial charge is 0.377 e. The normalized spacial score (nSPS) is 18.1. The first-order valence-electron chi connectivity index (χ1n) is 8.09. The van der Waals surface area contributed by atoms with Crippen molar-refractivity contribution >= 4 is 0 Å². The summed E-state index contributed by atoms with van der Waals surface area (Å²) in [7, 11) is 0. The molecule has 0 radical (unpaired) electrons. The second kappa shape index (κ2) is 7.80. The molecule has 0 spiro atoms. The Hall–Kier alpha value is -0.860. The van der Waals surface area contributed by atoms with Crippen LogP contribution in [0.3, 0.4) is 0 Å². The lowest BCUT2D eigenvalue weighted by atomic mass is 9.98. The van der Waals surface area contributed by atoms with Crippen LogP contribution in [0.4, 0.5) is 0 Å². The van der Waals surface area contributed by atoms with Crippen LogP contribution < -0.4 is 5.32 Å². The SMILES string of the molecule is Cc1ccc(C(C)NCCOC2CCCCC2)cc1C. The lowest BCUT2D eigenvalue weighted by Crippen LogP contribution is -2.26. The second-order valence-electron chi connectivity index (χ2n) is 6.15. The molecule has 0 aromatic heterocycles. The molecule has 2 rings (SSSR count). The molecule has 1 atom stereocenters. The van der Waals surface area contributed by atoms with E-state index in [4.69, 9.17) is 4.74 Å². The van der Waals surface area contributed by atoms with E-state index in [1.165, 1.54) is 48.8 Å². The van der Waals surface area contributed by atoms with E-state index in [0.29, 0.717) is 12.1 Å². The minimum Gasteiger partial charge on any atom is -0.377 e. The molecular weight excluding hydrogens is 246 g/mol. The van der Waals surface area contributed by atoms with Gasteiger partial charge in [-0.2, -0.15) is 0 Å². The Morgan fingerprint density at radius 3 is 2.60 bits per heavy atom. The van der Waals surface area contributed by atoms with Crippen LogP contribution in [0.25, 0.3) is 0 Å². The van der Waals surface area contributed by atoms with E-state index in [0.717, 1.165) is 13.2 Å². The number of rotatable bonds is 6. The average molecular weight is 275 g/mol. The first kappa shape index (κ1) is 15.5. The second-order valence-corrected chi connectivity index (χ2v) is 6.15. The van der Waals surface area contributed by atoms with Crippen LogP contribution in [0.5, 0.6) is 0 Å². The van der Waals surface area contributed by atoms with Gasteiger partial charge in [0.05, 0.1) is 12.7 Å². The fraction of sp³-hybridized carbons (Fsp3) is 0.667. The summed E-state index contributed by atoms with van der Waals surface area (Å²) in [5, 5.41) is 3.56. The topological polar surface area (TPSA) is 21.3 Å². The molecule has 1 aromatic carbocycles. The van der Waals surface area contributed by atoms with Crippen LogP contribution in [0.1, 0.15) is 61.8 Å². The van der Waals surface area contributed by atoms with E-state index in [-0.39, 0.29) is 0 Å². The van der Waals surface area contributed by atoms with Gasteiger partial charge in [0.2, 0.25) is 0 Å². The first-order valence-corrected chi connectivity index (χ1v) is 8.09. The third-order valence-electron chi connectivity index (χ3n) is 4.49. The minimum atomic E-state index is 0.393. The van der Waals surface area contributed by atoms with Crippen molar-refractivity contribution in [3.05, 3.63) is 34.9 Å². The van der Waals surface area contributed by atoms with Gasteiger partial charge in [0.1, 0.15) is 0 Å². The van der Waals surface area contributed by atoms with Gasteiger partial charge in [-0.25, -0.2) is 0 Å². The monoisotopic (exact) mass is 275 g/mol. The Kier molecular flexibility index (Phi) is 6.06.